The molecule has 0 saturated carbocycles. The number of nitrogens with zero attached hydrogens (tertiary/aromatic N) is 5. The summed E-state index contributed by atoms with van der Waals surface area (Å²) in [6.45, 7) is 6.18. The van der Waals surface area contributed by atoms with Crippen molar-refractivity contribution in [3.63, 3.8) is 0 Å². The smallest absolute Gasteiger partial charge is 0.350 e. The summed E-state index contributed by atoms with van der Waals surface area (Å²) in [5.74, 6) is 0.478. The number of anilines is 2. The molecule has 1 fully saturated rings. The predicted octanol–water partition coefficient (Wildman–Crippen LogP) is 5.22. The lowest BCUT2D eigenvalue weighted by Crippen LogP contribution is -2.32. The third-order valence-electron chi connectivity index (χ3n) is 8.37. The summed E-state index contributed by atoms with van der Waals surface area (Å²) >= 11 is 0. The molecule has 5 aromatic rings. The van der Waals surface area contributed by atoms with Crippen molar-refractivity contribution in [2.24, 2.45) is 0 Å². The van der Waals surface area contributed by atoms with Gasteiger partial charge in [-0.2, -0.15) is 15.3 Å². The number of hydrogen-bond acceptors (Lipinski definition) is 10. The largest absolute Gasteiger partial charge is 0.497 e. The van der Waals surface area contributed by atoms with Crippen LogP contribution >= 0.6 is 0 Å². The highest BCUT2D eigenvalue weighted by molar-refractivity contribution is 5.50. The number of hydrogen-bond donors (Lipinski definition) is 2. The zero-order chi connectivity index (χ0) is 33.3. The molecule has 1 unspecified atom stereocenters. The second-order valence-corrected chi connectivity index (χ2v) is 11.7. The Morgan fingerprint density at radius 2 is 1.73 bits per heavy atom. The summed E-state index contributed by atoms with van der Waals surface area (Å²) in [4.78, 5) is 12.7. The number of nitrogens with one attached hydrogen (secondary N) is 2. The van der Waals surface area contributed by atoms with Gasteiger partial charge in [0.25, 0.3) is 0 Å². The fraction of sp³-hybridized carbons (Fsp3) is 0.333. The molecule has 0 radical (unpaired) electrons. The van der Waals surface area contributed by atoms with Crippen molar-refractivity contribution in [2.45, 2.75) is 44.6 Å². The first kappa shape index (κ1) is 32.7. The van der Waals surface area contributed by atoms with Crippen LogP contribution in [0.4, 0.5) is 11.4 Å². The Morgan fingerprint density at radius 1 is 0.979 bits per heavy atom. The topological polar surface area (TPSA) is 127 Å². The first-order chi connectivity index (χ1) is 23.5. The fourth-order valence-electron chi connectivity index (χ4n) is 5.53. The molecule has 1 saturated heterocycles. The van der Waals surface area contributed by atoms with Crippen molar-refractivity contribution in [1.29, 1.82) is 0 Å². The molecule has 3 heterocycles. The van der Waals surface area contributed by atoms with E-state index >= 15 is 0 Å². The molecule has 2 N–H and O–H groups in total. The first-order valence-corrected chi connectivity index (χ1v) is 16.2. The molecule has 0 aliphatic carbocycles. The normalized spacial score (nSPS) is 17.9. The maximum Gasteiger partial charge on any atom is 0.350 e. The molecule has 1 aliphatic rings. The van der Waals surface area contributed by atoms with Gasteiger partial charge >= 0.3 is 5.69 Å². The van der Waals surface area contributed by atoms with Crippen molar-refractivity contribution in [3.05, 3.63) is 119 Å². The van der Waals surface area contributed by atoms with E-state index in [2.05, 4.69) is 25.9 Å². The average Bonchev–Trinajstić information content (AvgIpc) is 3.73. The minimum atomic E-state index is -0.994. The Morgan fingerprint density at radius 3 is 2.42 bits per heavy atom. The molecular formula is C36H41N7O5. The van der Waals surface area contributed by atoms with Crippen LogP contribution in [0.2, 0.25) is 0 Å². The zero-order valence-electron chi connectivity index (χ0n) is 27.4. The predicted molar refractivity (Wildman–Crippen MR) is 183 cm³/mol. The van der Waals surface area contributed by atoms with E-state index in [4.69, 9.17) is 18.9 Å². The van der Waals surface area contributed by atoms with Crippen LogP contribution in [0, 0.1) is 0 Å². The standard InChI is InChI=1S/C36H41N7O5/c1-4-26(2)43-35(44)42(25-41-43)31-12-8-29(9-13-31)37-18-19-38-30-10-14-32(15-11-30)46-23-34-24-47-36(48-34,21-27-16-17-39-40-22-27)28-6-5-7-33(20-28)45-3/h5-17,20,22,25-26,34,37-38H,4,18-19,21,23-24H2,1-3H3/t26?,34-,36-/m1/s1. The van der Waals surface area contributed by atoms with Gasteiger partial charge in [-0.1, -0.05) is 19.1 Å². The lowest BCUT2D eigenvalue weighted by Gasteiger charge is -2.29. The quantitative estimate of drug-likeness (QED) is 0.146. The number of ether oxygens (including phenoxy) is 4. The minimum absolute atomic E-state index is 0.0617. The van der Waals surface area contributed by atoms with Gasteiger partial charge in [0.15, 0.2) is 5.79 Å². The SMILES string of the molecule is CCC(C)n1ncn(-c2ccc(NCCNc3ccc(OC[C@@H]4CO[C@@](Cc5ccnnc5)(c5cccc(OC)c5)O4)cc3)cc2)c1=O. The van der Waals surface area contributed by atoms with Crippen molar-refractivity contribution >= 4 is 11.4 Å². The van der Waals surface area contributed by atoms with Gasteiger partial charge < -0.3 is 29.6 Å². The van der Waals surface area contributed by atoms with Crippen molar-refractivity contribution in [2.75, 3.05) is 44.0 Å². The van der Waals surface area contributed by atoms with Crippen LogP contribution in [-0.4, -0.2) is 64.1 Å². The molecule has 48 heavy (non-hydrogen) atoms. The Hall–Kier alpha value is -5.20. The van der Waals surface area contributed by atoms with Crippen LogP contribution < -0.4 is 25.8 Å². The molecule has 0 bridgehead atoms. The Bertz CT molecular complexity index is 1810. The monoisotopic (exact) mass is 651 g/mol. The lowest BCUT2D eigenvalue weighted by atomic mass is 9.98. The second-order valence-electron chi connectivity index (χ2n) is 11.7. The molecule has 2 aromatic heterocycles. The van der Waals surface area contributed by atoms with Crippen LogP contribution in [0.5, 0.6) is 11.5 Å². The number of aromatic nitrogens is 5. The van der Waals surface area contributed by atoms with Crippen molar-refractivity contribution in [1.82, 2.24) is 24.5 Å². The number of methoxy groups -OCH3 is 1. The van der Waals surface area contributed by atoms with Gasteiger partial charge in [0.2, 0.25) is 0 Å². The van der Waals surface area contributed by atoms with Crippen LogP contribution in [0.1, 0.15) is 37.4 Å². The van der Waals surface area contributed by atoms with Gasteiger partial charge in [-0.15, -0.1) is 0 Å². The molecule has 6 rings (SSSR count). The number of rotatable bonds is 15. The second kappa shape index (κ2) is 15.1. The maximum atomic E-state index is 12.7. The van der Waals surface area contributed by atoms with Crippen LogP contribution in [0.15, 0.2) is 102 Å². The molecule has 250 valence electrons. The van der Waals surface area contributed by atoms with Crippen molar-refractivity contribution in [3.8, 4) is 17.2 Å². The van der Waals surface area contributed by atoms with Gasteiger partial charge in [-0.25, -0.2) is 14.0 Å². The summed E-state index contributed by atoms with van der Waals surface area (Å²) in [5.41, 5.74) is 4.42. The van der Waals surface area contributed by atoms with Gasteiger partial charge in [-0.3, -0.25) is 0 Å². The maximum absolute atomic E-state index is 12.7. The third-order valence-corrected chi connectivity index (χ3v) is 8.37. The van der Waals surface area contributed by atoms with E-state index in [-0.39, 0.29) is 17.8 Å². The van der Waals surface area contributed by atoms with E-state index in [1.165, 1.54) is 4.68 Å². The summed E-state index contributed by atoms with van der Waals surface area (Å²) in [6.07, 6.45) is 6.00. The van der Waals surface area contributed by atoms with E-state index < -0.39 is 5.79 Å². The summed E-state index contributed by atoms with van der Waals surface area (Å²) in [5, 5.41) is 19.0. The zero-order valence-corrected chi connectivity index (χ0v) is 27.4. The Kier molecular flexibility index (Phi) is 10.3. The molecule has 0 spiro atoms. The molecule has 12 nitrogen and oxygen atoms in total. The van der Waals surface area contributed by atoms with Gasteiger partial charge in [0.1, 0.15) is 30.5 Å². The number of benzene rings is 3. The third kappa shape index (κ3) is 7.67. The van der Waals surface area contributed by atoms with Crippen LogP contribution in [0.25, 0.3) is 5.69 Å². The lowest BCUT2D eigenvalue weighted by molar-refractivity contribution is -0.178. The van der Waals surface area contributed by atoms with E-state index in [9.17, 15) is 4.79 Å². The minimum Gasteiger partial charge on any atom is -0.497 e. The summed E-state index contributed by atoms with van der Waals surface area (Å²) < 4.78 is 27.5. The van der Waals surface area contributed by atoms with Crippen molar-refractivity contribution < 1.29 is 18.9 Å². The average molecular weight is 652 g/mol. The van der Waals surface area contributed by atoms with Gasteiger partial charge in [-0.05, 0) is 85.6 Å². The van der Waals surface area contributed by atoms with E-state index in [0.717, 1.165) is 52.7 Å². The molecular weight excluding hydrogens is 610 g/mol. The highest BCUT2D eigenvalue weighted by Gasteiger charge is 2.44. The van der Waals surface area contributed by atoms with E-state index in [1.807, 2.05) is 92.7 Å². The highest BCUT2D eigenvalue weighted by atomic mass is 16.8. The van der Waals surface area contributed by atoms with E-state index in [0.29, 0.717) is 26.2 Å². The molecule has 12 heteroatoms. The fourth-order valence-corrected chi connectivity index (χ4v) is 5.53. The highest BCUT2D eigenvalue weighted by Crippen LogP contribution is 2.39. The molecule has 1 aliphatic heterocycles. The van der Waals surface area contributed by atoms with E-state index in [1.54, 1.807) is 30.4 Å². The summed E-state index contributed by atoms with van der Waals surface area (Å²) in [7, 11) is 1.64. The molecule has 3 aromatic carbocycles. The van der Waals surface area contributed by atoms with Gasteiger partial charge in [0.05, 0.1) is 31.6 Å². The molecule has 0 amide bonds. The summed E-state index contributed by atoms with van der Waals surface area (Å²) in [6, 6.07) is 25.3. The Balaban J connectivity index is 0.970. The van der Waals surface area contributed by atoms with Crippen LogP contribution in [-0.2, 0) is 21.7 Å². The molecule has 3 atom stereocenters. The van der Waals surface area contributed by atoms with Gasteiger partial charge in [0, 0.05) is 42.6 Å². The van der Waals surface area contributed by atoms with Crippen LogP contribution in [0.3, 0.4) is 0 Å². The first-order valence-electron chi connectivity index (χ1n) is 16.2. The Labute approximate surface area is 279 Å².